The molecule has 0 amide bonds. The minimum absolute atomic E-state index is 0.362. The summed E-state index contributed by atoms with van der Waals surface area (Å²) in [4.78, 5) is 2.58. The van der Waals surface area contributed by atoms with Crippen molar-refractivity contribution in [3.63, 3.8) is 0 Å². The lowest BCUT2D eigenvalue weighted by atomic mass is 9.94. The SMILES string of the molecule is CC1CCC(CN)(N(C)C2CC2)C1. The summed E-state index contributed by atoms with van der Waals surface area (Å²) in [6.07, 6.45) is 6.79. The van der Waals surface area contributed by atoms with Gasteiger partial charge in [0.05, 0.1) is 0 Å². The van der Waals surface area contributed by atoms with Crippen molar-refractivity contribution in [3.05, 3.63) is 0 Å². The maximum atomic E-state index is 5.96. The highest BCUT2D eigenvalue weighted by atomic mass is 15.2. The van der Waals surface area contributed by atoms with Crippen LogP contribution in [0.3, 0.4) is 0 Å². The molecule has 0 aromatic heterocycles. The van der Waals surface area contributed by atoms with E-state index in [0.717, 1.165) is 18.5 Å². The van der Waals surface area contributed by atoms with Gasteiger partial charge in [0.1, 0.15) is 0 Å². The molecule has 0 aliphatic heterocycles. The summed E-state index contributed by atoms with van der Waals surface area (Å²) in [5, 5.41) is 0. The van der Waals surface area contributed by atoms with Crippen LogP contribution >= 0.6 is 0 Å². The van der Waals surface area contributed by atoms with E-state index in [1.165, 1.54) is 32.1 Å². The summed E-state index contributed by atoms with van der Waals surface area (Å²) >= 11 is 0. The first-order valence-corrected chi connectivity index (χ1v) is 5.61. The number of hydrogen-bond donors (Lipinski definition) is 1. The molecule has 0 aromatic rings. The highest BCUT2D eigenvalue weighted by Crippen LogP contribution is 2.42. The smallest absolute Gasteiger partial charge is 0.0334 e. The maximum Gasteiger partial charge on any atom is 0.0334 e. The molecule has 0 radical (unpaired) electrons. The van der Waals surface area contributed by atoms with Crippen molar-refractivity contribution < 1.29 is 0 Å². The number of nitrogens with zero attached hydrogens (tertiary/aromatic N) is 1. The molecule has 0 saturated heterocycles. The summed E-state index contributed by atoms with van der Waals surface area (Å²) in [7, 11) is 2.28. The molecule has 2 heteroatoms. The lowest BCUT2D eigenvalue weighted by Crippen LogP contribution is -2.51. The van der Waals surface area contributed by atoms with E-state index in [9.17, 15) is 0 Å². The van der Waals surface area contributed by atoms with Crippen molar-refractivity contribution in [2.45, 2.75) is 50.6 Å². The van der Waals surface area contributed by atoms with Crippen LogP contribution in [0.2, 0.25) is 0 Å². The Kier molecular flexibility index (Phi) is 2.37. The molecule has 76 valence electrons. The average molecular weight is 182 g/mol. The second-order valence-corrected chi connectivity index (χ2v) is 5.12. The van der Waals surface area contributed by atoms with E-state index in [2.05, 4.69) is 18.9 Å². The Labute approximate surface area is 81.5 Å². The Balaban J connectivity index is 2.05. The van der Waals surface area contributed by atoms with E-state index < -0.39 is 0 Å². The predicted octanol–water partition coefficient (Wildman–Crippen LogP) is 1.60. The molecule has 0 spiro atoms. The van der Waals surface area contributed by atoms with Gasteiger partial charge >= 0.3 is 0 Å². The summed E-state index contributed by atoms with van der Waals surface area (Å²) in [6, 6.07) is 0.855. The Morgan fingerprint density at radius 3 is 2.46 bits per heavy atom. The van der Waals surface area contributed by atoms with Gasteiger partial charge < -0.3 is 5.73 Å². The molecular formula is C11H22N2. The summed E-state index contributed by atoms with van der Waals surface area (Å²) in [5.74, 6) is 0.879. The van der Waals surface area contributed by atoms with Gasteiger partial charge in [-0.3, -0.25) is 4.90 Å². The molecule has 2 atom stereocenters. The zero-order chi connectivity index (χ0) is 9.47. The van der Waals surface area contributed by atoms with Crippen LogP contribution in [0.5, 0.6) is 0 Å². The topological polar surface area (TPSA) is 29.3 Å². The van der Waals surface area contributed by atoms with Crippen LogP contribution in [-0.4, -0.2) is 30.1 Å². The van der Waals surface area contributed by atoms with E-state index in [1.807, 2.05) is 0 Å². The Morgan fingerprint density at radius 2 is 2.08 bits per heavy atom. The van der Waals surface area contributed by atoms with Crippen LogP contribution in [0.25, 0.3) is 0 Å². The van der Waals surface area contributed by atoms with Crippen LogP contribution in [0.4, 0.5) is 0 Å². The highest BCUT2D eigenvalue weighted by molar-refractivity contribution is 5.01. The van der Waals surface area contributed by atoms with Crippen LogP contribution in [0.1, 0.15) is 39.0 Å². The Bertz CT molecular complexity index is 189. The van der Waals surface area contributed by atoms with Crippen molar-refractivity contribution >= 4 is 0 Å². The lowest BCUT2D eigenvalue weighted by molar-refractivity contribution is 0.119. The van der Waals surface area contributed by atoms with Gasteiger partial charge in [0, 0.05) is 18.1 Å². The highest BCUT2D eigenvalue weighted by Gasteiger charge is 2.44. The van der Waals surface area contributed by atoms with Crippen molar-refractivity contribution in [1.29, 1.82) is 0 Å². The molecule has 2 aliphatic carbocycles. The number of likely N-dealkylation sites (N-methyl/N-ethyl adjacent to an activating group) is 1. The first-order valence-electron chi connectivity index (χ1n) is 5.61. The molecule has 2 aliphatic rings. The normalized spacial score (nSPS) is 40.2. The van der Waals surface area contributed by atoms with Crippen LogP contribution in [-0.2, 0) is 0 Å². The predicted molar refractivity (Wildman–Crippen MR) is 55.6 cm³/mol. The van der Waals surface area contributed by atoms with Gasteiger partial charge in [-0.25, -0.2) is 0 Å². The largest absolute Gasteiger partial charge is 0.329 e. The van der Waals surface area contributed by atoms with E-state index in [1.54, 1.807) is 0 Å². The minimum atomic E-state index is 0.362. The number of nitrogens with two attached hydrogens (primary N) is 1. The van der Waals surface area contributed by atoms with E-state index >= 15 is 0 Å². The molecule has 2 N–H and O–H groups in total. The fraction of sp³-hybridized carbons (Fsp3) is 1.00. The van der Waals surface area contributed by atoms with Gasteiger partial charge in [0.25, 0.3) is 0 Å². The first kappa shape index (κ1) is 9.47. The molecule has 2 rings (SSSR count). The van der Waals surface area contributed by atoms with Crippen molar-refractivity contribution in [1.82, 2.24) is 4.90 Å². The zero-order valence-corrected chi connectivity index (χ0v) is 8.92. The lowest BCUT2D eigenvalue weighted by Gasteiger charge is -2.38. The molecule has 2 fully saturated rings. The van der Waals surface area contributed by atoms with Crippen molar-refractivity contribution in [2.24, 2.45) is 11.7 Å². The molecule has 0 heterocycles. The van der Waals surface area contributed by atoms with Gasteiger partial charge in [-0.1, -0.05) is 6.92 Å². The third-order valence-electron chi connectivity index (χ3n) is 4.05. The van der Waals surface area contributed by atoms with Gasteiger partial charge in [0.15, 0.2) is 0 Å². The first-order chi connectivity index (χ1) is 6.18. The molecule has 13 heavy (non-hydrogen) atoms. The second kappa shape index (κ2) is 3.25. The third kappa shape index (κ3) is 1.62. The summed E-state index contributed by atoms with van der Waals surface area (Å²) in [6.45, 7) is 3.21. The van der Waals surface area contributed by atoms with Crippen LogP contribution < -0.4 is 5.73 Å². The molecule has 2 unspecified atom stereocenters. The van der Waals surface area contributed by atoms with Gasteiger partial charge in [0.2, 0.25) is 0 Å². The fourth-order valence-corrected chi connectivity index (χ4v) is 2.87. The zero-order valence-electron chi connectivity index (χ0n) is 8.92. The monoisotopic (exact) mass is 182 g/mol. The van der Waals surface area contributed by atoms with E-state index in [-0.39, 0.29) is 0 Å². The van der Waals surface area contributed by atoms with Crippen LogP contribution in [0, 0.1) is 5.92 Å². The van der Waals surface area contributed by atoms with E-state index in [0.29, 0.717) is 5.54 Å². The fourth-order valence-electron chi connectivity index (χ4n) is 2.87. The Morgan fingerprint density at radius 1 is 1.38 bits per heavy atom. The van der Waals surface area contributed by atoms with Gasteiger partial charge in [-0.15, -0.1) is 0 Å². The molecule has 0 bridgehead atoms. The van der Waals surface area contributed by atoms with Crippen molar-refractivity contribution in [3.8, 4) is 0 Å². The summed E-state index contributed by atoms with van der Waals surface area (Å²) in [5.41, 5.74) is 6.32. The molecular weight excluding hydrogens is 160 g/mol. The third-order valence-corrected chi connectivity index (χ3v) is 4.05. The maximum absolute atomic E-state index is 5.96. The quantitative estimate of drug-likeness (QED) is 0.718. The molecule has 2 nitrogen and oxygen atoms in total. The number of hydrogen-bond acceptors (Lipinski definition) is 2. The Hall–Kier alpha value is -0.0800. The van der Waals surface area contributed by atoms with Gasteiger partial charge in [-0.05, 0) is 45.1 Å². The van der Waals surface area contributed by atoms with Crippen molar-refractivity contribution in [2.75, 3.05) is 13.6 Å². The van der Waals surface area contributed by atoms with E-state index in [4.69, 9.17) is 5.73 Å². The summed E-state index contributed by atoms with van der Waals surface area (Å²) < 4.78 is 0. The number of rotatable bonds is 3. The second-order valence-electron chi connectivity index (χ2n) is 5.12. The molecule has 0 aromatic carbocycles. The molecule has 2 saturated carbocycles. The standard InChI is InChI=1S/C11H22N2/c1-9-5-6-11(7-9,8-12)13(2)10-3-4-10/h9-10H,3-8,12H2,1-2H3. The minimum Gasteiger partial charge on any atom is -0.329 e. The average Bonchev–Trinajstić information content (AvgIpc) is 2.89. The van der Waals surface area contributed by atoms with Crippen LogP contribution in [0.15, 0.2) is 0 Å². The van der Waals surface area contributed by atoms with Gasteiger partial charge in [-0.2, -0.15) is 0 Å².